The summed E-state index contributed by atoms with van der Waals surface area (Å²) in [5.41, 5.74) is -0.627. The molecule has 1 aromatic carbocycles. The molecule has 0 spiro atoms. The molecule has 1 rings (SSSR count). The Bertz CT molecular complexity index is 365. The minimum Gasteiger partial charge on any atom is -0.383 e. The van der Waals surface area contributed by atoms with Crippen LogP contribution in [0.15, 0.2) is 24.3 Å². The van der Waals surface area contributed by atoms with Crippen LogP contribution in [-0.2, 0) is 10.9 Å². The average Bonchev–Trinajstić information content (AvgIpc) is 2.29. The molecule has 1 unspecified atom stereocenters. The van der Waals surface area contributed by atoms with E-state index in [1.807, 2.05) is 0 Å². The highest BCUT2D eigenvalue weighted by Gasteiger charge is 2.33. The van der Waals surface area contributed by atoms with E-state index >= 15 is 0 Å². The van der Waals surface area contributed by atoms with Gasteiger partial charge in [0.1, 0.15) is 0 Å². The SMILES string of the molecule is COCC(CCCl)Nc1ccccc1C(F)(F)F. The van der Waals surface area contributed by atoms with Gasteiger partial charge in [0.25, 0.3) is 0 Å². The Labute approximate surface area is 109 Å². The lowest BCUT2D eigenvalue weighted by Gasteiger charge is -2.21. The van der Waals surface area contributed by atoms with Gasteiger partial charge in [0.05, 0.1) is 18.2 Å². The van der Waals surface area contributed by atoms with E-state index in [1.54, 1.807) is 6.07 Å². The Kier molecular flexibility index (Phi) is 5.75. The summed E-state index contributed by atoms with van der Waals surface area (Å²) >= 11 is 5.61. The lowest BCUT2D eigenvalue weighted by molar-refractivity contribution is -0.137. The van der Waals surface area contributed by atoms with Gasteiger partial charge in [-0.2, -0.15) is 13.2 Å². The molecule has 0 saturated carbocycles. The Balaban J connectivity index is 2.88. The van der Waals surface area contributed by atoms with Gasteiger partial charge in [0, 0.05) is 18.7 Å². The molecule has 0 aliphatic rings. The number of benzene rings is 1. The predicted molar refractivity (Wildman–Crippen MR) is 66.1 cm³/mol. The van der Waals surface area contributed by atoms with Gasteiger partial charge in [-0.25, -0.2) is 0 Å². The Morgan fingerprint density at radius 2 is 2.00 bits per heavy atom. The molecule has 0 heterocycles. The fraction of sp³-hybridized carbons (Fsp3) is 0.500. The first-order valence-electron chi connectivity index (χ1n) is 5.46. The first kappa shape index (κ1) is 15.1. The van der Waals surface area contributed by atoms with Crippen molar-refractivity contribution in [2.24, 2.45) is 0 Å². The molecule has 0 saturated heterocycles. The highest BCUT2D eigenvalue weighted by molar-refractivity contribution is 6.17. The van der Waals surface area contributed by atoms with E-state index in [-0.39, 0.29) is 11.7 Å². The molecule has 0 aliphatic heterocycles. The zero-order valence-electron chi connectivity index (χ0n) is 9.93. The van der Waals surface area contributed by atoms with Crippen molar-refractivity contribution in [2.75, 3.05) is 24.9 Å². The molecule has 1 aromatic rings. The zero-order chi connectivity index (χ0) is 13.6. The van der Waals surface area contributed by atoms with Crippen molar-refractivity contribution in [3.05, 3.63) is 29.8 Å². The standard InChI is InChI=1S/C12H15ClF3NO/c1-18-8-9(6-7-13)17-11-5-3-2-4-10(11)12(14,15)16/h2-5,9,17H,6-8H2,1H3. The van der Waals surface area contributed by atoms with Crippen molar-refractivity contribution in [3.8, 4) is 0 Å². The van der Waals surface area contributed by atoms with Gasteiger partial charge >= 0.3 is 6.18 Å². The summed E-state index contributed by atoms with van der Waals surface area (Å²) in [6.45, 7) is 0.304. The normalized spacial score (nSPS) is 13.4. The molecule has 18 heavy (non-hydrogen) atoms. The molecule has 6 heteroatoms. The lowest BCUT2D eigenvalue weighted by Crippen LogP contribution is -2.26. The number of nitrogens with one attached hydrogen (secondary N) is 1. The number of methoxy groups -OCH3 is 1. The van der Waals surface area contributed by atoms with Gasteiger partial charge in [-0.05, 0) is 18.6 Å². The van der Waals surface area contributed by atoms with E-state index in [2.05, 4.69) is 5.32 Å². The number of alkyl halides is 4. The van der Waals surface area contributed by atoms with Crippen molar-refractivity contribution < 1.29 is 17.9 Å². The Morgan fingerprint density at radius 3 is 2.56 bits per heavy atom. The van der Waals surface area contributed by atoms with Crippen LogP contribution in [0.4, 0.5) is 18.9 Å². The molecule has 1 atom stereocenters. The van der Waals surface area contributed by atoms with Crippen LogP contribution in [0, 0.1) is 0 Å². The molecule has 0 aliphatic carbocycles. The second kappa shape index (κ2) is 6.85. The molecule has 0 bridgehead atoms. The number of rotatable bonds is 6. The molecule has 0 fully saturated rings. The van der Waals surface area contributed by atoms with Gasteiger partial charge in [0.2, 0.25) is 0 Å². The molecule has 0 radical (unpaired) electrons. The van der Waals surface area contributed by atoms with Gasteiger partial charge in [-0.1, -0.05) is 12.1 Å². The van der Waals surface area contributed by atoms with E-state index in [9.17, 15) is 13.2 Å². The van der Waals surface area contributed by atoms with Crippen LogP contribution in [0.3, 0.4) is 0 Å². The quantitative estimate of drug-likeness (QED) is 0.802. The first-order chi connectivity index (χ1) is 8.49. The van der Waals surface area contributed by atoms with E-state index in [0.717, 1.165) is 6.07 Å². The summed E-state index contributed by atoms with van der Waals surface area (Å²) in [5, 5.41) is 2.83. The van der Waals surface area contributed by atoms with E-state index < -0.39 is 11.7 Å². The van der Waals surface area contributed by atoms with Crippen LogP contribution in [0.2, 0.25) is 0 Å². The fourth-order valence-electron chi connectivity index (χ4n) is 1.61. The topological polar surface area (TPSA) is 21.3 Å². The minimum absolute atomic E-state index is 0.0529. The number of anilines is 1. The molecule has 0 aromatic heterocycles. The van der Waals surface area contributed by atoms with Crippen LogP contribution in [0.1, 0.15) is 12.0 Å². The van der Waals surface area contributed by atoms with Crippen LogP contribution in [0.5, 0.6) is 0 Å². The summed E-state index contributed by atoms with van der Waals surface area (Å²) in [4.78, 5) is 0. The third-order valence-electron chi connectivity index (χ3n) is 2.42. The van der Waals surface area contributed by atoms with E-state index in [0.29, 0.717) is 18.9 Å². The number of hydrogen-bond donors (Lipinski definition) is 1. The van der Waals surface area contributed by atoms with Crippen molar-refractivity contribution in [2.45, 2.75) is 18.6 Å². The van der Waals surface area contributed by atoms with Gasteiger partial charge in [0.15, 0.2) is 0 Å². The highest BCUT2D eigenvalue weighted by Crippen LogP contribution is 2.34. The minimum atomic E-state index is -4.37. The summed E-state index contributed by atoms with van der Waals surface area (Å²) in [6.07, 6.45) is -3.84. The monoisotopic (exact) mass is 281 g/mol. The zero-order valence-corrected chi connectivity index (χ0v) is 10.7. The maximum Gasteiger partial charge on any atom is 0.418 e. The Morgan fingerprint density at radius 1 is 1.33 bits per heavy atom. The van der Waals surface area contributed by atoms with E-state index in [4.69, 9.17) is 16.3 Å². The maximum absolute atomic E-state index is 12.8. The second-order valence-electron chi connectivity index (χ2n) is 3.82. The van der Waals surface area contributed by atoms with Gasteiger partial charge in [-0.15, -0.1) is 11.6 Å². The fourth-order valence-corrected chi connectivity index (χ4v) is 1.87. The van der Waals surface area contributed by atoms with Crippen molar-refractivity contribution in [3.63, 3.8) is 0 Å². The first-order valence-corrected chi connectivity index (χ1v) is 6.00. The summed E-state index contributed by atoms with van der Waals surface area (Å²) in [7, 11) is 1.50. The van der Waals surface area contributed by atoms with Crippen molar-refractivity contribution >= 4 is 17.3 Å². The molecular weight excluding hydrogens is 267 g/mol. The van der Waals surface area contributed by atoms with Gasteiger partial charge < -0.3 is 10.1 Å². The lowest BCUT2D eigenvalue weighted by atomic mass is 10.1. The molecule has 0 amide bonds. The van der Waals surface area contributed by atoms with Crippen LogP contribution >= 0.6 is 11.6 Å². The number of halogens is 4. The van der Waals surface area contributed by atoms with Gasteiger partial charge in [-0.3, -0.25) is 0 Å². The average molecular weight is 282 g/mol. The van der Waals surface area contributed by atoms with Crippen molar-refractivity contribution in [1.29, 1.82) is 0 Å². The van der Waals surface area contributed by atoms with Crippen LogP contribution < -0.4 is 5.32 Å². The van der Waals surface area contributed by atoms with Crippen molar-refractivity contribution in [1.82, 2.24) is 0 Å². The summed E-state index contributed by atoms with van der Waals surface area (Å²) < 4.78 is 43.3. The van der Waals surface area contributed by atoms with Crippen LogP contribution in [0.25, 0.3) is 0 Å². The summed E-state index contributed by atoms with van der Waals surface area (Å²) in [5.74, 6) is 0.356. The number of hydrogen-bond acceptors (Lipinski definition) is 2. The third-order valence-corrected chi connectivity index (χ3v) is 2.64. The molecule has 1 N–H and O–H groups in total. The second-order valence-corrected chi connectivity index (χ2v) is 4.20. The molecule has 102 valence electrons. The molecule has 2 nitrogen and oxygen atoms in total. The predicted octanol–water partition coefficient (Wildman–Crippen LogP) is 3.76. The Hall–Kier alpha value is -0.940. The number of para-hydroxylation sites is 1. The van der Waals surface area contributed by atoms with Crippen LogP contribution in [-0.4, -0.2) is 25.6 Å². The van der Waals surface area contributed by atoms with E-state index in [1.165, 1.54) is 19.2 Å². The molecular formula is C12H15ClF3NO. The largest absolute Gasteiger partial charge is 0.418 e. The maximum atomic E-state index is 12.8. The summed E-state index contributed by atoms with van der Waals surface area (Å²) in [6, 6.07) is 5.13. The number of ether oxygens (including phenoxy) is 1. The third kappa shape index (κ3) is 4.38. The smallest absolute Gasteiger partial charge is 0.383 e. The highest BCUT2D eigenvalue weighted by atomic mass is 35.5.